The molecule has 30 heavy (non-hydrogen) atoms. The molecule has 0 fully saturated rings. The molecule has 2 atom stereocenters. The van der Waals surface area contributed by atoms with Crippen molar-refractivity contribution in [3.8, 4) is 0 Å². The quantitative estimate of drug-likeness (QED) is 0.640. The molecular formula is C27H25NO2. The van der Waals surface area contributed by atoms with Crippen LogP contribution in [0.4, 0.5) is 5.69 Å². The van der Waals surface area contributed by atoms with Gasteiger partial charge in [0.05, 0.1) is 5.92 Å². The third-order valence-electron chi connectivity index (χ3n) is 5.92. The van der Waals surface area contributed by atoms with Gasteiger partial charge in [-0.1, -0.05) is 66.8 Å². The van der Waals surface area contributed by atoms with Gasteiger partial charge in [0.2, 0.25) is 0 Å². The van der Waals surface area contributed by atoms with Gasteiger partial charge in [-0.3, -0.25) is 9.59 Å². The minimum atomic E-state index is -0.424. The Morgan fingerprint density at radius 2 is 1.67 bits per heavy atom. The lowest BCUT2D eigenvalue weighted by atomic mass is 9.65. The van der Waals surface area contributed by atoms with E-state index in [2.05, 4.69) is 18.5 Å². The van der Waals surface area contributed by atoms with Crippen molar-refractivity contribution in [3.63, 3.8) is 0 Å². The molecular weight excluding hydrogens is 370 g/mol. The molecule has 0 saturated heterocycles. The minimum absolute atomic E-state index is 0.0116. The second-order valence-corrected chi connectivity index (χ2v) is 8.13. The summed E-state index contributed by atoms with van der Waals surface area (Å²) in [6, 6.07) is 15.7. The summed E-state index contributed by atoms with van der Waals surface area (Å²) in [5.74, 6) is -0.620. The van der Waals surface area contributed by atoms with Gasteiger partial charge >= 0.3 is 0 Å². The number of Topliss-reactive ketones (excluding diaryl/α,β-unsaturated/α-hetero) is 2. The lowest BCUT2D eigenvalue weighted by Gasteiger charge is -2.39. The molecule has 0 aromatic heterocycles. The zero-order chi connectivity index (χ0) is 21.4. The van der Waals surface area contributed by atoms with Gasteiger partial charge in [0.15, 0.2) is 11.6 Å². The first-order chi connectivity index (χ1) is 14.4. The van der Waals surface area contributed by atoms with Crippen LogP contribution in [0.5, 0.6) is 0 Å². The third kappa shape index (κ3) is 3.48. The maximum absolute atomic E-state index is 13.6. The molecule has 0 spiro atoms. The Bertz CT molecular complexity index is 1130. The van der Waals surface area contributed by atoms with Crippen LogP contribution in [0.2, 0.25) is 0 Å². The molecule has 0 radical (unpaired) electrons. The number of benzene rings is 2. The molecule has 2 aliphatic carbocycles. The molecule has 150 valence electrons. The number of aryl methyl sites for hydroxylation is 1. The van der Waals surface area contributed by atoms with Gasteiger partial charge in [-0.05, 0) is 48.8 Å². The van der Waals surface area contributed by atoms with E-state index in [0.717, 1.165) is 28.1 Å². The fourth-order valence-corrected chi connectivity index (χ4v) is 4.26. The van der Waals surface area contributed by atoms with E-state index in [9.17, 15) is 9.59 Å². The smallest absolute Gasteiger partial charge is 0.173 e. The fraction of sp³-hybridized carbons (Fsp3) is 0.185. The Morgan fingerprint density at radius 3 is 2.33 bits per heavy atom. The number of rotatable bonds is 5. The van der Waals surface area contributed by atoms with Crippen LogP contribution in [0.25, 0.3) is 5.57 Å². The summed E-state index contributed by atoms with van der Waals surface area (Å²) >= 11 is 0. The highest BCUT2D eigenvalue weighted by atomic mass is 16.1. The second-order valence-electron chi connectivity index (χ2n) is 8.13. The van der Waals surface area contributed by atoms with E-state index in [0.29, 0.717) is 11.1 Å². The standard InChI is InChI=1S/C27H25NO2/c1-16(2)24(29)15-19-11-14-23(28-20-12-9-17(3)10-13-20)26-25(19)18(4)21-7-5-6-8-22(21)27(26)30/h5-14,25-26,28H,1,4,15H2,2-3H3. The first-order valence-electron chi connectivity index (χ1n) is 10.1. The van der Waals surface area contributed by atoms with E-state index in [1.165, 1.54) is 5.56 Å². The van der Waals surface area contributed by atoms with Gasteiger partial charge in [-0.15, -0.1) is 0 Å². The van der Waals surface area contributed by atoms with Crippen molar-refractivity contribution >= 4 is 22.8 Å². The predicted molar refractivity (Wildman–Crippen MR) is 122 cm³/mol. The van der Waals surface area contributed by atoms with Gasteiger partial charge in [-0.25, -0.2) is 0 Å². The van der Waals surface area contributed by atoms with Gasteiger partial charge in [0.1, 0.15) is 0 Å². The number of carbonyl (C=O) groups is 2. The van der Waals surface area contributed by atoms with E-state index in [4.69, 9.17) is 0 Å². The number of fused-ring (bicyclic) bond motifs is 2. The van der Waals surface area contributed by atoms with Crippen molar-refractivity contribution < 1.29 is 9.59 Å². The SMILES string of the molecule is C=C(C)C(=O)CC1=CC=C(Nc2ccc(C)cc2)C2C(=O)c3ccccc3C(=C)C12. The molecule has 2 aromatic rings. The lowest BCUT2D eigenvalue weighted by Crippen LogP contribution is -2.37. The summed E-state index contributed by atoms with van der Waals surface area (Å²) in [7, 11) is 0. The maximum Gasteiger partial charge on any atom is 0.173 e. The summed E-state index contributed by atoms with van der Waals surface area (Å²) in [5.41, 5.74) is 6.80. The van der Waals surface area contributed by atoms with E-state index in [1.807, 2.05) is 67.6 Å². The molecule has 4 rings (SSSR count). The number of nitrogens with one attached hydrogen (secondary N) is 1. The molecule has 0 saturated carbocycles. The van der Waals surface area contributed by atoms with Crippen LogP contribution in [-0.4, -0.2) is 11.6 Å². The molecule has 3 heteroatoms. The summed E-state index contributed by atoms with van der Waals surface area (Å²) in [5, 5.41) is 3.44. The molecule has 2 unspecified atom stereocenters. The van der Waals surface area contributed by atoms with Crippen LogP contribution in [0.15, 0.2) is 90.7 Å². The Kier molecular flexibility index (Phi) is 5.13. The van der Waals surface area contributed by atoms with Crippen molar-refractivity contribution in [2.24, 2.45) is 11.8 Å². The zero-order valence-corrected chi connectivity index (χ0v) is 17.4. The van der Waals surface area contributed by atoms with Crippen molar-refractivity contribution in [3.05, 3.63) is 107 Å². The molecule has 2 aliphatic rings. The van der Waals surface area contributed by atoms with E-state index < -0.39 is 5.92 Å². The summed E-state index contributed by atoms with van der Waals surface area (Å²) in [4.78, 5) is 26.0. The van der Waals surface area contributed by atoms with Crippen molar-refractivity contribution in [2.45, 2.75) is 20.3 Å². The molecule has 1 N–H and O–H groups in total. The Morgan fingerprint density at radius 1 is 1.00 bits per heavy atom. The topological polar surface area (TPSA) is 46.2 Å². The number of hydrogen-bond acceptors (Lipinski definition) is 3. The van der Waals surface area contributed by atoms with Crippen molar-refractivity contribution in [1.29, 1.82) is 0 Å². The van der Waals surface area contributed by atoms with Crippen LogP contribution >= 0.6 is 0 Å². The van der Waals surface area contributed by atoms with E-state index >= 15 is 0 Å². The Balaban J connectivity index is 1.79. The first kappa shape index (κ1) is 19.8. The molecule has 0 aliphatic heterocycles. The average molecular weight is 396 g/mol. The normalized spacial score (nSPS) is 19.9. The number of hydrogen-bond donors (Lipinski definition) is 1. The van der Waals surface area contributed by atoms with Crippen molar-refractivity contribution in [1.82, 2.24) is 0 Å². The maximum atomic E-state index is 13.6. The third-order valence-corrected chi connectivity index (χ3v) is 5.92. The summed E-state index contributed by atoms with van der Waals surface area (Å²) < 4.78 is 0. The van der Waals surface area contributed by atoms with Crippen LogP contribution < -0.4 is 5.32 Å². The summed E-state index contributed by atoms with van der Waals surface area (Å²) in [6.45, 7) is 11.9. The highest BCUT2D eigenvalue weighted by Gasteiger charge is 2.43. The lowest BCUT2D eigenvalue weighted by molar-refractivity contribution is -0.115. The molecule has 0 heterocycles. The molecule has 0 amide bonds. The number of ketones is 2. The average Bonchev–Trinajstić information content (AvgIpc) is 2.74. The monoisotopic (exact) mass is 395 g/mol. The van der Waals surface area contributed by atoms with Gasteiger partial charge in [0.25, 0.3) is 0 Å². The highest BCUT2D eigenvalue weighted by Crippen LogP contribution is 2.47. The number of allylic oxidation sites excluding steroid dienone is 6. The molecule has 0 bridgehead atoms. The first-order valence-corrected chi connectivity index (χ1v) is 10.1. The van der Waals surface area contributed by atoms with Gasteiger partial charge in [-0.2, -0.15) is 0 Å². The zero-order valence-electron chi connectivity index (χ0n) is 17.4. The largest absolute Gasteiger partial charge is 0.358 e. The van der Waals surface area contributed by atoms with Gasteiger partial charge in [0, 0.05) is 29.3 Å². The molecule has 2 aromatic carbocycles. The fourth-order valence-electron chi connectivity index (χ4n) is 4.26. The Hall–Kier alpha value is -3.46. The summed E-state index contributed by atoms with van der Waals surface area (Å²) in [6.07, 6.45) is 4.14. The minimum Gasteiger partial charge on any atom is -0.358 e. The van der Waals surface area contributed by atoms with E-state index in [1.54, 1.807) is 6.92 Å². The highest BCUT2D eigenvalue weighted by molar-refractivity contribution is 6.09. The number of carbonyl (C=O) groups excluding carboxylic acids is 2. The van der Waals surface area contributed by atoms with Crippen LogP contribution in [0, 0.1) is 18.8 Å². The van der Waals surface area contributed by atoms with Crippen molar-refractivity contribution in [2.75, 3.05) is 5.32 Å². The van der Waals surface area contributed by atoms with Crippen LogP contribution in [0.1, 0.15) is 34.8 Å². The number of anilines is 1. The molecule has 3 nitrogen and oxygen atoms in total. The Labute approximate surface area is 177 Å². The van der Waals surface area contributed by atoms with Crippen LogP contribution in [0.3, 0.4) is 0 Å². The van der Waals surface area contributed by atoms with Crippen LogP contribution in [-0.2, 0) is 4.79 Å². The predicted octanol–water partition coefficient (Wildman–Crippen LogP) is 5.91. The van der Waals surface area contributed by atoms with Gasteiger partial charge < -0.3 is 5.32 Å². The van der Waals surface area contributed by atoms with E-state index in [-0.39, 0.29) is 23.9 Å². The second kappa shape index (κ2) is 7.75.